The van der Waals surface area contributed by atoms with Crippen LogP contribution in [0.15, 0.2) is 30.5 Å². The summed E-state index contributed by atoms with van der Waals surface area (Å²) < 4.78 is 11.1. The van der Waals surface area contributed by atoms with Gasteiger partial charge in [0, 0.05) is 12.6 Å². The van der Waals surface area contributed by atoms with Crippen molar-refractivity contribution in [2.45, 2.75) is 18.9 Å². The number of methoxy groups -OCH3 is 1. The van der Waals surface area contributed by atoms with Gasteiger partial charge >= 0.3 is 0 Å². The van der Waals surface area contributed by atoms with Crippen LogP contribution in [0.3, 0.4) is 0 Å². The highest BCUT2D eigenvalue weighted by Gasteiger charge is 2.35. The normalized spacial score (nSPS) is 24.8. The van der Waals surface area contributed by atoms with Crippen LogP contribution in [0.4, 0.5) is 0 Å². The SMILES string of the molecule is COc1ccccc1Oc1cnc(C(=O)NC2CN3CCC2CC3)s1. The summed E-state index contributed by atoms with van der Waals surface area (Å²) in [7, 11) is 1.60. The van der Waals surface area contributed by atoms with E-state index in [0.29, 0.717) is 27.5 Å². The molecule has 0 saturated carbocycles. The Morgan fingerprint density at radius 3 is 2.72 bits per heavy atom. The number of hydrogen-bond acceptors (Lipinski definition) is 6. The Balaban J connectivity index is 1.41. The first-order valence-electron chi connectivity index (χ1n) is 8.53. The van der Waals surface area contributed by atoms with Gasteiger partial charge in [-0.1, -0.05) is 23.5 Å². The van der Waals surface area contributed by atoms with Gasteiger partial charge in [0.05, 0.1) is 13.3 Å². The zero-order valence-electron chi connectivity index (χ0n) is 14.1. The van der Waals surface area contributed by atoms with Crippen molar-refractivity contribution in [3.63, 3.8) is 0 Å². The molecule has 6 nitrogen and oxygen atoms in total. The van der Waals surface area contributed by atoms with E-state index in [1.165, 1.54) is 24.2 Å². The number of piperidine rings is 3. The summed E-state index contributed by atoms with van der Waals surface area (Å²) in [5.41, 5.74) is 0. The van der Waals surface area contributed by atoms with Crippen molar-refractivity contribution >= 4 is 17.2 Å². The second-order valence-corrected chi connectivity index (χ2v) is 7.45. The van der Waals surface area contributed by atoms with Crippen LogP contribution in [-0.4, -0.2) is 48.6 Å². The zero-order valence-corrected chi connectivity index (χ0v) is 14.9. The smallest absolute Gasteiger partial charge is 0.280 e. The fraction of sp³-hybridized carbons (Fsp3) is 0.444. The van der Waals surface area contributed by atoms with Crippen LogP contribution < -0.4 is 14.8 Å². The van der Waals surface area contributed by atoms with Crippen molar-refractivity contribution in [2.24, 2.45) is 5.92 Å². The van der Waals surface area contributed by atoms with Gasteiger partial charge in [0.2, 0.25) is 5.06 Å². The molecule has 1 atom stereocenters. The number of ether oxygens (including phenoxy) is 2. The van der Waals surface area contributed by atoms with E-state index in [1.807, 2.05) is 24.3 Å². The lowest BCUT2D eigenvalue weighted by atomic mass is 9.84. The number of nitrogens with zero attached hydrogens (tertiary/aromatic N) is 2. The summed E-state index contributed by atoms with van der Waals surface area (Å²) in [6.07, 6.45) is 3.93. The van der Waals surface area contributed by atoms with Crippen LogP contribution in [0.1, 0.15) is 22.6 Å². The van der Waals surface area contributed by atoms with Crippen molar-refractivity contribution in [1.29, 1.82) is 0 Å². The van der Waals surface area contributed by atoms with Gasteiger partial charge in [-0.05, 0) is 44.0 Å². The van der Waals surface area contributed by atoms with Crippen LogP contribution in [0.25, 0.3) is 0 Å². The highest BCUT2D eigenvalue weighted by molar-refractivity contribution is 7.15. The Hall–Kier alpha value is -2.12. The molecule has 7 heteroatoms. The number of nitrogens with one attached hydrogen (secondary N) is 1. The highest BCUT2D eigenvalue weighted by Crippen LogP contribution is 2.34. The van der Waals surface area contributed by atoms with Crippen molar-refractivity contribution in [1.82, 2.24) is 15.2 Å². The number of rotatable bonds is 5. The first-order chi connectivity index (χ1) is 12.2. The Morgan fingerprint density at radius 1 is 1.28 bits per heavy atom. The summed E-state index contributed by atoms with van der Waals surface area (Å²) in [6, 6.07) is 7.64. The minimum absolute atomic E-state index is 0.112. The number of amides is 1. The third-order valence-corrected chi connectivity index (χ3v) is 5.81. The van der Waals surface area contributed by atoms with E-state index in [2.05, 4.69) is 15.2 Å². The Bertz CT molecular complexity index is 756. The number of thiazole rings is 1. The van der Waals surface area contributed by atoms with Crippen molar-refractivity contribution < 1.29 is 14.3 Å². The number of carbonyl (C=O) groups is 1. The Labute approximate surface area is 150 Å². The minimum atomic E-state index is -0.112. The summed E-state index contributed by atoms with van der Waals surface area (Å²) >= 11 is 1.25. The molecule has 5 rings (SSSR count). The number of benzene rings is 1. The molecule has 1 aromatic heterocycles. The summed E-state index contributed by atoms with van der Waals surface area (Å²) in [6.45, 7) is 3.27. The molecule has 0 spiro atoms. The van der Waals surface area contributed by atoms with E-state index in [9.17, 15) is 4.79 Å². The van der Waals surface area contributed by atoms with Crippen LogP contribution in [0.2, 0.25) is 0 Å². The lowest BCUT2D eigenvalue weighted by Gasteiger charge is -2.44. The molecule has 3 aliphatic rings. The fourth-order valence-electron chi connectivity index (χ4n) is 3.58. The van der Waals surface area contributed by atoms with Gasteiger partial charge in [-0.25, -0.2) is 4.98 Å². The van der Waals surface area contributed by atoms with Gasteiger partial charge in [-0.2, -0.15) is 0 Å². The molecule has 2 aromatic rings. The van der Waals surface area contributed by atoms with E-state index in [-0.39, 0.29) is 11.9 Å². The number of fused-ring (bicyclic) bond motifs is 3. The van der Waals surface area contributed by atoms with Gasteiger partial charge in [0.25, 0.3) is 5.91 Å². The third-order valence-electron chi connectivity index (χ3n) is 4.93. The standard InChI is InChI=1S/C18H21N3O3S/c1-23-14-4-2-3-5-15(14)24-16-10-19-18(25-16)17(22)20-13-11-21-8-6-12(13)7-9-21/h2-5,10,12-13H,6-9,11H2,1H3,(H,20,22). The number of carbonyl (C=O) groups excluding carboxylic acids is 1. The molecule has 4 heterocycles. The van der Waals surface area contributed by atoms with Crippen LogP contribution >= 0.6 is 11.3 Å². The van der Waals surface area contributed by atoms with Crippen molar-refractivity contribution in [3.8, 4) is 16.6 Å². The van der Waals surface area contributed by atoms with Gasteiger partial charge in [-0.3, -0.25) is 4.79 Å². The number of hydrogen-bond donors (Lipinski definition) is 1. The molecular weight excluding hydrogens is 338 g/mol. The van der Waals surface area contributed by atoms with Gasteiger partial charge < -0.3 is 19.7 Å². The molecule has 1 unspecified atom stereocenters. The molecule has 132 valence electrons. The maximum atomic E-state index is 12.5. The van der Waals surface area contributed by atoms with Crippen LogP contribution in [0.5, 0.6) is 16.6 Å². The fourth-order valence-corrected chi connectivity index (χ4v) is 4.27. The van der Waals surface area contributed by atoms with E-state index in [4.69, 9.17) is 9.47 Å². The lowest BCUT2D eigenvalue weighted by molar-refractivity contribution is 0.0620. The summed E-state index contributed by atoms with van der Waals surface area (Å²) in [5.74, 6) is 1.74. The highest BCUT2D eigenvalue weighted by atomic mass is 32.1. The zero-order chi connectivity index (χ0) is 17.2. The van der Waals surface area contributed by atoms with Gasteiger partial charge in [0.15, 0.2) is 16.5 Å². The molecule has 3 saturated heterocycles. The monoisotopic (exact) mass is 359 g/mol. The molecule has 3 fully saturated rings. The molecule has 1 amide bonds. The Kier molecular flexibility index (Phi) is 4.59. The average molecular weight is 359 g/mol. The molecule has 3 aliphatic heterocycles. The van der Waals surface area contributed by atoms with Crippen molar-refractivity contribution in [2.75, 3.05) is 26.7 Å². The predicted octanol–water partition coefficient (Wildman–Crippen LogP) is 2.77. The maximum Gasteiger partial charge on any atom is 0.280 e. The van der Waals surface area contributed by atoms with Crippen molar-refractivity contribution in [3.05, 3.63) is 35.5 Å². The van der Waals surface area contributed by atoms with Crippen LogP contribution in [0, 0.1) is 5.92 Å². The second-order valence-electron chi connectivity index (χ2n) is 6.46. The third kappa shape index (κ3) is 3.48. The van der Waals surface area contributed by atoms with E-state index in [0.717, 1.165) is 19.6 Å². The lowest BCUT2D eigenvalue weighted by Crippen LogP contribution is -2.57. The molecule has 0 aliphatic carbocycles. The Morgan fingerprint density at radius 2 is 2.04 bits per heavy atom. The quantitative estimate of drug-likeness (QED) is 0.889. The molecular formula is C18H21N3O3S. The number of para-hydroxylation sites is 2. The first-order valence-corrected chi connectivity index (χ1v) is 9.34. The van der Waals surface area contributed by atoms with E-state index in [1.54, 1.807) is 13.3 Å². The van der Waals surface area contributed by atoms with E-state index >= 15 is 0 Å². The number of aromatic nitrogens is 1. The summed E-state index contributed by atoms with van der Waals surface area (Å²) in [5, 5.41) is 4.16. The topological polar surface area (TPSA) is 63.7 Å². The van der Waals surface area contributed by atoms with E-state index < -0.39 is 0 Å². The largest absolute Gasteiger partial charge is 0.493 e. The first kappa shape index (κ1) is 16.4. The molecule has 25 heavy (non-hydrogen) atoms. The molecule has 2 bridgehead atoms. The molecule has 1 aromatic carbocycles. The average Bonchev–Trinajstić information content (AvgIpc) is 3.12. The maximum absolute atomic E-state index is 12.5. The van der Waals surface area contributed by atoms with Gasteiger partial charge in [0.1, 0.15) is 0 Å². The van der Waals surface area contributed by atoms with Gasteiger partial charge in [-0.15, -0.1) is 0 Å². The predicted molar refractivity (Wildman–Crippen MR) is 95.6 cm³/mol. The minimum Gasteiger partial charge on any atom is -0.493 e. The second kappa shape index (κ2) is 7.01. The molecule has 1 N–H and O–H groups in total. The molecule has 0 radical (unpaired) electrons. The summed E-state index contributed by atoms with van der Waals surface area (Å²) in [4.78, 5) is 19.2. The van der Waals surface area contributed by atoms with Crippen LogP contribution in [-0.2, 0) is 0 Å².